The molecule has 2 saturated heterocycles. The Morgan fingerprint density at radius 3 is 2.54 bits per heavy atom. The Bertz CT molecular complexity index is 1660. The first-order valence-electron chi connectivity index (χ1n) is 15.3. The number of nitriles is 1. The van der Waals surface area contributed by atoms with Crippen LogP contribution in [0, 0.1) is 11.3 Å². The summed E-state index contributed by atoms with van der Waals surface area (Å²) >= 11 is 0. The molecule has 0 aliphatic carbocycles. The first-order valence-corrected chi connectivity index (χ1v) is 15.3. The molecule has 0 bridgehead atoms. The number of nitrogens with zero attached hydrogens (tertiary/aromatic N) is 9. The molecule has 0 saturated carbocycles. The van der Waals surface area contributed by atoms with Crippen molar-refractivity contribution >= 4 is 17.5 Å². The zero-order valence-electron chi connectivity index (χ0n) is 25.9. The number of methoxy groups -OCH3 is 1. The van der Waals surface area contributed by atoms with Crippen LogP contribution in [0.4, 0.5) is 11.6 Å². The zero-order chi connectivity index (χ0) is 31.9. The highest BCUT2D eigenvalue weighted by Crippen LogP contribution is 2.31. The van der Waals surface area contributed by atoms with Gasteiger partial charge in [-0.2, -0.15) is 5.26 Å². The summed E-state index contributed by atoms with van der Waals surface area (Å²) in [4.78, 5) is 26.9. The average Bonchev–Trinajstić information content (AvgIpc) is 3.61. The van der Waals surface area contributed by atoms with Gasteiger partial charge in [0, 0.05) is 55.7 Å². The summed E-state index contributed by atoms with van der Waals surface area (Å²) in [6.45, 7) is 7.23. The van der Waals surface area contributed by atoms with Gasteiger partial charge in [0.05, 0.1) is 38.1 Å². The maximum atomic E-state index is 13.5. The van der Waals surface area contributed by atoms with Crippen LogP contribution < -0.4 is 14.8 Å². The van der Waals surface area contributed by atoms with E-state index in [1.54, 1.807) is 54.5 Å². The highest BCUT2D eigenvalue weighted by Gasteiger charge is 2.28. The number of benzene rings is 2. The van der Waals surface area contributed by atoms with Crippen molar-refractivity contribution in [3.8, 4) is 28.7 Å². The van der Waals surface area contributed by atoms with Crippen LogP contribution in [-0.4, -0.2) is 105 Å². The quantitative estimate of drug-likeness (QED) is 0.275. The number of piperidine rings is 1. The molecule has 2 aliphatic heterocycles. The minimum absolute atomic E-state index is 0.00601. The molecule has 14 heteroatoms. The number of carbonyl (C=O) groups excluding carboxylic acids is 1. The number of hydrogen-bond donors (Lipinski definition) is 1. The van der Waals surface area contributed by atoms with Crippen molar-refractivity contribution < 1.29 is 19.0 Å². The summed E-state index contributed by atoms with van der Waals surface area (Å²) in [5.74, 6) is 1.35. The Hall–Kier alpha value is -5.13. The van der Waals surface area contributed by atoms with Crippen molar-refractivity contribution in [1.29, 1.82) is 5.26 Å². The average molecular weight is 625 g/mol. The number of tetrazole rings is 1. The molecule has 6 rings (SSSR count). The fourth-order valence-corrected chi connectivity index (χ4v) is 5.83. The molecule has 0 radical (unpaired) electrons. The monoisotopic (exact) mass is 624 g/mol. The van der Waals surface area contributed by atoms with Crippen molar-refractivity contribution in [2.75, 3.05) is 51.8 Å². The Balaban J connectivity index is 1.12. The van der Waals surface area contributed by atoms with E-state index < -0.39 is 0 Å². The van der Waals surface area contributed by atoms with E-state index in [1.807, 2.05) is 17.9 Å². The third-order valence-electron chi connectivity index (χ3n) is 8.26. The minimum Gasteiger partial charge on any atom is -0.495 e. The van der Waals surface area contributed by atoms with Crippen LogP contribution >= 0.6 is 0 Å². The Labute approximate surface area is 266 Å². The van der Waals surface area contributed by atoms with Crippen molar-refractivity contribution in [1.82, 2.24) is 40.0 Å². The number of nitrogens with one attached hydrogen (secondary N) is 1. The second-order valence-electron chi connectivity index (χ2n) is 11.3. The molecule has 2 aliphatic rings. The van der Waals surface area contributed by atoms with E-state index in [2.05, 4.69) is 41.8 Å². The van der Waals surface area contributed by atoms with Gasteiger partial charge in [0.25, 0.3) is 5.91 Å². The van der Waals surface area contributed by atoms with Gasteiger partial charge < -0.3 is 24.4 Å². The number of morpholine rings is 1. The highest BCUT2D eigenvalue weighted by molar-refractivity contribution is 5.96. The number of aromatic nitrogens is 6. The fourth-order valence-electron chi connectivity index (χ4n) is 5.83. The SMILES string of the molecule is COc1ccc(C(=O)N2CCC(N3CCOCC3)CC2)cc1Nc1ncc(-c2ccc(C#N)c(O[C@@H](C)Cn3cnnn3)c2)cn1. The number of carbonyl (C=O) groups is 1. The zero-order valence-corrected chi connectivity index (χ0v) is 25.9. The first kappa shape index (κ1) is 30.9. The van der Waals surface area contributed by atoms with E-state index in [4.69, 9.17) is 14.2 Å². The van der Waals surface area contributed by atoms with Crippen molar-refractivity contribution in [2.45, 2.75) is 38.5 Å². The van der Waals surface area contributed by atoms with Crippen LogP contribution in [0.15, 0.2) is 55.1 Å². The van der Waals surface area contributed by atoms with E-state index in [-0.39, 0.29) is 12.0 Å². The standard InChI is InChI=1S/C32H36N10O4/c1-22(20-42-21-36-38-39-42)46-30-16-23(3-4-25(30)17-33)26-18-34-32(35-19-26)37-28-15-24(5-6-29(28)44-2)31(43)41-9-7-27(8-10-41)40-11-13-45-14-12-40/h3-6,15-16,18-19,21-22,27H,7-14,20H2,1-2H3,(H,34,35,37)/t22-/m0/s1. The topological polar surface area (TPSA) is 156 Å². The van der Waals surface area contributed by atoms with E-state index in [1.165, 1.54) is 6.33 Å². The molecule has 0 unspecified atom stereocenters. The van der Waals surface area contributed by atoms with Crippen LogP contribution in [0.3, 0.4) is 0 Å². The predicted molar refractivity (Wildman–Crippen MR) is 168 cm³/mol. The largest absolute Gasteiger partial charge is 0.495 e. The third kappa shape index (κ3) is 7.22. The molecule has 46 heavy (non-hydrogen) atoms. The minimum atomic E-state index is -0.284. The number of amides is 1. The van der Waals surface area contributed by atoms with Gasteiger partial charge >= 0.3 is 0 Å². The van der Waals surface area contributed by atoms with Crippen molar-refractivity contribution in [3.05, 3.63) is 66.2 Å². The third-order valence-corrected chi connectivity index (χ3v) is 8.26. The number of hydrogen-bond acceptors (Lipinski definition) is 12. The van der Waals surface area contributed by atoms with Gasteiger partial charge in [-0.25, -0.2) is 14.6 Å². The van der Waals surface area contributed by atoms with Gasteiger partial charge in [-0.05, 0) is 66.1 Å². The van der Waals surface area contributed by atoms with Gasteiger partial charge in [-0.15, -0.1) is 5.10 Å². The molecule has 0 spiro atoms. The molecule has 2 aromatic heterocycles. The summed E-state index contributed by atoms with van der Waals surface area (Å²) in [5.41, 5.74) is 3.11. The molecule has 4 aromatic rings. The highest BCUT2D eigenvalue weighted by atomic mass is 16.5. The molecule has 4 heterocycles. The number of rotatable bonds is 10. The van der Waals surface area contributed by atoms with E-state index in [9.17, 15) is 10.1 Å². The number of anilines is 2. The smallest absolute Gasteiger partial charge is 0.253 e. The molecular weight excluding hydrogens is 588 g/mol. The first-order chi connectivity index (χ1) is 22.5. The molecule has 1 N–H and O–H groups in total. The Morgan fingerprint density at radius 1 is 1.07 bits per heavy atom. The van der Waals surface area contributed by atoms with Gasteiger partial charge in [-0.1, -0.05) is 6.07 Å². The second kappa shape index (κ2) is 14.3. The fraction of sp³-hybridized carbons (Fsp3) is 0.406. The lowest BCUT2D eigenvalue weighted by Crippen LogP contribution is -2.50. The summed E-state index contributed by atoms with van der Waals surface area (Å²) < 4.78 is 18.7. The van der Waals surface area contributed by atoms with Crippen LogP contribution in [0.5, 0.6) is 11.5 Å². The lowest BCUT2D eigenvalue weighted by Gasteiger charge is -2.40. The maximum absolute atomic E-state index is 13.5. The van der Waals surface area contributed by atoms with Gasteiger partial charge in [0.15, 0.2) is 0 Å². The van der Waals surface area contributed by atoms with Crippen LogP contribution in [0.25, 0.3) is 11.1 Å². The number of ether oxygens (including phenoxy) is 3. The van der Waals surface area contributed by atoms with E-state index >= 15 is 0 Å². The summed E-state index contributed by atoms with van der Waals surface area (Å²) in [7, 11) is 1.58. The second-order valence-corrected chi connectivity index (χ2v) is 11.3. The van der Waals surface area contributed by atoms with Crippen molar-refractivity contribution in [2.24, 2.45) is 0 Å². The maximum Gasteiger partial charge on any atom is 0.253 e. The lowest BCUT2D eigenvalue weighted by atomic mass is 10.0. The molecule has 1 amide bonds. The van der Waals surface area contributed by atoms with Crippen LogP contribution in [0.1, 0.15) is 35.7 Å². The molecule has 238 valence electrons. The Kier molecular flexibility index (Phi) is 9.61. The van der Waals surface area contributed by atoms with Gasteiger partial charge in [0.2, 0.25) is 5.95 Å². The summed E-state index contributed by atoms with van der Waals surface area (Å²) in [6.07, 6.45) is 6.51. The van der Waals surface area contributed by atoms with Crippen LogP contribution in [0.2, 0.25) is 0 Å². The van der Waals surface area contributed by atoms with E-state index in [0.29, 0.717) is 46.8 Å². The molecule has 1 atom stereocenters. The van der Waals surface area contributed by atoms with Gasteiger partial charge in [-0.3, -0.25) is 9.69 Å². The Morgan fingerprint density at radius 2 is 1.85 bits per heavy atom. The summed E-state index contributed by atoms with van der Waals surface area (Å²) in [6, 6.07) is 13.4. The summed E-state index contributed by atoms with van der Waals surface area (Å²) in [5, 5.41) is 24.0. The van der Waals surface area contributed by atoms with E-state index in [0.717, 1.165) is 63.4 Å². The normalized spacial score (nSPS) is 16.4. The van der Waals surface area contributed by atoms with Gasteiger partial charge in [0.1, 0.15) is 30.0 Å². The van der Waals surface area contributed by atoms with Crippen molar-refractivity contribution in [3.63, 3.8) is 0 Å². The molecule has 2 fully saturated rings. The predicted octanol–water partition coefficient (Wildman–Crippen LogP) is 3.16. The molecule has 14 nitrogen and oxygen atoms in total. The lowest BCUT2D eigenvalue weighted by molar-refractivity contribution is 0.00159. The van der Waals surface area contributed by atoms with Crippen LogP contribution in [-0.2, 0) is 11.3 Å². The molecular formula is C32H36N10O4. The number of likely N-dealkylation sites (tertiary alicyclic amines) is 1. The molecule has 2 aromatic carbocycles.